The highest BCUT2D eigenvalue weighted by Crippen LogP contribution is 2.12. The topological polar surface area (TPSA) is 104 Å². The van der Waals surface area contributed by atoms with Gasteiger partial charge in [0.25, 0.3) is 5.91 Å². The van der Waals surface area contributed by atoms with Crippen LogP contribution in [0.2, 0.25) is 0 Å². The molecule has 0 aliphatic rings. The number of fused-ring (bicyclic) bond motifs is 1. The van der Waals surface area contributed by atoms with E-state index < -0.39 is 10.0 Å². The molecule has 0 fully saturated rings. The maximum Gasteiger partial charge on any atom is 0.251 e. The Morgan fingerprint density at radius 2 is 2.00 bits per heavy atom. The molecular formula is C19H20N4O3S. The van der Waals surface area contributed by atoms with E-state index in [1.807, 2.05) is 24.3 Å². The van der Waals surface area contributed by atoms with Gasteiger partial charge in [0.15, 0.2) is 0 Å². The zero-order valence-electron chi connectivity index (χ0n) is 14.6. The number of carbonyl (C=O) groups excluding carboxylic acids is 1. The third-order valence-electron chi connectivity index (χ3n) is 3.91. The van der Waals surface area contributed by atoms with Crippen molar-refractivity contribution in [2.75, 3.05) is 13.1 Å². The molecule has 1 aromatic heterocycles. The van der Waals surface area contributed by atoms with Gasteiger partial charge < -0.3 is 10.3 Å². The Bertz CT molecular complexity index is 1040. The van der Waals surface area contributed by atoms with Crippen molar-refractivity contribution >= 4 is 27.0 Å². The third-order valence-corrected chi connectivity index (χ3v) is 5.33. The zero-order chi connectivity index (χ0) is 19.3. The molecule has 0 saturated carbocycles. The summed E-state index contributed by atoms with van der Waals surface area (Å²) < 4.78 is 26.7. The maximum absolute atomic E-state index is 12.3. The quantitative estimate of drug-likeness (QED) is 0.517. The number of sulfonamides is 1. The lowest BCUT2D eigenvalue weighted by molar-refractivity contribution is 0.0954. The third kappa shape index (κ3) is 4.60. The van der Waals surface area contributed by atoms with Crippen molar-refractivity contribution in [2.45, 2.75) is 11.3 Å². The summed E-state index contributed by atoms with van der Waals surface area (Å²) in [5.41, 5.74) is 2.11. The Morgan fingerprint density at radius 3 is 2.78 bits per heavy atom. The molecule has 0 atom stereocenters. The summed E-state index contributed by atoms with van der Waals surface area (Å²) >= 11 is 0. The summed E-state index contributed by atoms with van der Waals surface area (Å²) in [4.78, 5) is 20.0. The Labute approximate surface area is 157 Å². The second-order valence-corrected chi connectivity index (χ2v) is 7.64. The Hall–Kier alpha value is -2.97. The van der Waals surface area contributed by atoms with Crippen LogP contribution in [-0.2, 0) is 16.4 Å². The molecule has 0 aliphatic carbocycles. The van der Waals surface area contributed by atoms with Gasteiger partial charge in [0.05, 0.1) is 15.9 Å². The number of aromatic nitrogens is 2. The fraction of sp³-hybridized carbons (Fsp3) is 0.158. The number of benzene rings is 2. The SMILES string of the molecule is C=CCNS(=O)(=O)c1cccc(C(=O)NCCc2nc3ccccc3[nH]2)c1. The van der Waals surface area contributed by atoms with Crippen molar-refractivity contribution < 1.29 is 13.2 Å². The molecule has 1 heterocycles. The molecule has 0 bridgehead atoms. The van der Waals surface area contributed by atoms with Gasteiger partial charge in [-0.25, -0.2) is 18.1 Å². The standard InChI is InChI=1S/C19H20N4O3S/c1-2-11-21-27(25,26)15-7-5-6-14(13-15)19(24)20-12-10-18-22-16-8-3-4-9-17(16)23-18/h2-9,13,21H,1,10-12H2,(H,20,24)(H,22,23). The predicted octanol–water partition coefficient (Wildman–Crippen LogP) is 2.00. The van der Waals surface area contributed by atoms with Crippen LogP contribution in [0.25, 0.3) is 11.0 Å². The average molecular weight is 384 g/mol. The van der Waals surface area contributed by atoms with Crippen molar-refractivity contribution in [1.82, 2.24) is 20.0 Å². The number of nitrogens with zero attached hydrogens (tertiary/aromatic N) is 1. The van der Waals surface area contributed by atoms with Crippen LogP contribution in [0.1, 0.15) is 16.2 Å². The number of rotatable bonds is 8. The average Bonchev–Trinajstić information content (AvgIpc) is 3.09. The minimum Gasteiger partial charge on any atom is -0.352 e. The molecule has 3 rings (SSSR count). The van der Waals surface area contributed by atoms with Gasteiger partial charge in [-0.2, -0.15) is 0 Å². The number of aromatic amines is 1. The van der Waals surface area contributed by atoms with Crippen molar-refractivity contribution in [2.24, 2.45) is 0 Å². The van der Waals surface area contributed by atoms with Gasteiger partial charge in [-0.05, 0) is 30.3 Å². The first-order chi connectivity index (χ1) is 13.0. The highest BCUT2D eigenvalue weighted by molar-refractivity contribution is 7.89. The van der Waals surface area contributed by atoms with Gasteiger partial charge in [-0.15, -0.1) is 6.58 Å². The first-order valence-electron chi connectivity index (χ1n) is 8.42. The second kappa shape index (κ2) is 8.15. The summed E-state index contributed by atoms with van der Waals surface area (Å²) in [6.07, 6.45) is 1.99. The highest BCUT2D eigenvalue weighted by atomic mass is 32.2. The van der Waals surface area contributed by atoms with Crippen LogP contribution in [0.15, 0.2) is 66.1 Å². The van der Waals surface area contributed by atoms with Crippen LogP contribution in [0, 0.1) is 0 Å². The van der Waals surface area contributed by atoms with Crippen molar-refractivity contribution in [3.05, 3.63) is 72.6 Å². The number of imidazole rings is 1. The van der Waals surface area contributed by atoms with E-state index in [1.165, 1.54) is 24.3 Å². The Balaban J connectivity index is 1.62. The molecule has 27 heavy (non-hydrogen) atoms. The molecule has 7 nitrogen and oxygen atoms in total. The molecule has 0 unspecified atom stereocenters. The molecular weight excluding hydrogens is 364 g/mol. The molecule has 0 saturated heterocycles. The number of nitrogens with one attached hydrogen (secondary N) is 3. The molecule has 8 heteroatoms. The van der Waals surface area contributed by atoms with Gasteiger partial charge in [0, 0.05) is 25.1 Å². The molecule has 3 aromatic rings. The van der Waals surface area contributed by atoms with E-state index in [4.69, 9.17) is 0 Å². The van der Waals surface area contributed by atoms with E-state index in [9.17, 15) is 13.2 Å². The van der Waals surface area contributed by atoms with E-state index in [0.29, 0.717) is 13.0 Å². The molecule has 2 aromatic carbocycles. The molecule has 140 valence electrons. The van der Waals surface area contributed by atoms with Crippen LogP contribution in [-0.4, -0.2) is 37.4 Å². The summed E-state index contributed by atoms with van der Waals surface area (Å²) in [6, 6.07) is 13.6. The maximum atomic E-state index is 12.3. The van der Waals surface area contributed by atoms with E-state index in [1.54, 1.807) is 6.07 Å². The van der Waals surface area contributed by atoms with Crippen molar-refractivity contribution in [1.29, 1.82) is 0 Å². The van der Waals surface area contributed by atoms with E-state index in [-0.39, 0.29) is 22.9 Å². The van der Waals surface area contributed by atoms with Crippen molar-refractivity contribution in [3.63, 3.8) is 0 Å². The Morgan fingerprint density at radius 1 is 1.19 bits per heavy atom. The monoisotopic (exact) mass is 384 g/mol. The number of hydrogen-bond donors (Lipinski definition) is 3. The number of H-pyrrole nitrogens is 1. The summed E-state index contributed by atoms with van der Waals surface area (Å²) in [5, 5.41) is 2.78. The molecule has 0 spiro atoms. The fourth-order valence-electron chi connectivity index (χ4n) is 2.58. The van der Waals surface area contributed by atoms with Gasteiger partial charge in [-0.3, -0.25) is 4.79 Å². The molecule has 0 aliphatic heterocycles. The largest absolute Gasteiger partial charge is 0.352 e. The number of para-hydroxylation sites is 2. The lowest BCUT2D eigenvalue weighted by Crippen LogP contribution is -2.27. The minimum absolute atomic E-state index is 0.0364. The number of amides is 1. The van der Waals surface area contributed by atoms with Crippen LogP contribution in [0.3, 0.4) is 0 Å². The van der Waals surface area contributed by atoms with Gasteiger partial charge >= 0.3 is 0 Å². The zero-order valence-corrected chi connectivity index (χ0v) is 15.4. The van der Waals surface area contributed by atoms with Crippen LogP contribution >= 0.6 is 0 Å². The summed E-state index contributed by atoms with van der Waals surface area (Å²) in [6.45, 7) is 3.98. The van der Waals surface area contributed by atoms with Gasteiger partial charge in [-0.1, -0.05) is 24.3 Å². The predicted molar refractivity (Wildman–Crippen MR) is 104 cm³/mol. The lowest BCUT2D eigenvalue weighted by atomic mass is 10.2. The van der Waals surface area contributed by atoms with E-state index in [2.05, 4.69) is 26.6 Å². The molecule has 1 amide bonds. The fourth-order valence-corrected chi connectivity index (χ4v) is 3.62. The second-order valence-electron chi connectivity index (χ2n) is 5.87. The van der Waals surface area contributed by atoms with E-state index >= 15 is 0 Å². The summed E-state index contributed by atoms with van der Waals surface area (Å²) in [5.74, 6) is 0.438. The minimum atomic E-state index is -3.67. The summed E-state index contributed by atoms with van der Waals surface area (Å²) in [7, 11) is -3.67. The molecule has 3 N–H and O–H groups in total. The van der Waals surface area contributed by atoms with Crippen molar-refractivity contribution in [3.8, 4) is 0 Å². The first kappa shape index (κ1) is 18.8. The highest BCUT2D eigenvalue weighted by Gasteiger charge is 2.15. The van der Waals surface area contributed by atoms with Crippen LogP contribution in [0.4, 0.5) is 0 Å². The number of hydrogen-bond acceptors (Lipinski definition) is 4. The lowest BCUT2D eigenvalue weighted by Gasteiger charge is -2.08. The smallest absolute Gasteiger partial charge is 0.251 e. The Kier molecular flexibility index (Phi) is 5.68. The van der Waals surface area contributed by atoms with E-state index in [0.717, 1.165) is 16.9 Å². The van der Waals surface area contributed by atoms with Gasteiger partial charge in [0.2, 0.25) is 10.0 Å². The molecule has 0 radical (unpaired) electrons. The first-order valence-corrected chi connectivity index (χ1v) is 9.90. The van der Waals surface area contributed by atoms with Crippen LogP contribution in [0.5, 0.6) is 0 Å². The van der Waals surface area contributed by atoms with Gasteiger partial charge in [0.1, 0.15) is 5.82 Å². The van der Waals surface area contributed by atoms with Crippen LogP contribution < -0.4 is 10.0 Å². The normalized spacial score (nSPS) is 11.4. The number of carbonyl (C=O) groups is 1.